The Morgan fingerprint density at radius 2 is 1.95 bits per heavy atom. The Morgan fingerprint density at radius 3 is 2.38 bits per heavy atom. The van der Waals surface area contributed by atoms with E-state index < -0.39 is 27.6 Å². The smallest absolute Gasteiger partial charge is 0.336 e. The number of carbonyl (C=O) groups is 2. The molecule has 0 radical (unpaired) electrons. The molecule has 1 rings (SSSR count). The van der Waals surface area contributed by atoms with E-state index in [4.69, 9.17) is 15.0 Å². The van der Waals surface area contributed by atoms with Crippen LogP contribution < -0.4 is 9.92 Å². The molecule has 0 aliphatic heterocycles. The van der Waals surface area contributed by atoms with Crippen LogP contribution in [0.2, 0.25) is 0 Å². The maximum atomic E-state index is 11.5. The fourth-order valence-electron chi connectivity index (χ4n) is 1.86. The number of unbranched alkanes of at least 4 members (excludes halogenated alkanes) is 1. The number of carboxylic acids is 1. The third-order valence-electron chi connectivity index (χ3n) is 2.75. The number of carbonyl (C=O) groups excluding carboxylic acids is 1. The number of primary amides is 1. The van der Waals surface area contributed by atoms with Gasteiger partial charge >= 0.3 is 16.1 Å². The second-order valence-electron chi connectivity index (χ2n) is 4.54. The molecule has 3 N–H and O–H groups in total. The molecule has 0 heterocycles. The molecule has 0 spiro atoms. The first kappa shape index (κ1) is 17.0. The summed E-state index contributed by atoms with van der Waals surface area (Å²) in [5.41, 5.74) is 4.81. The lowest BCUT2D eigenvalue weighted by Crippen LogP contribution is -2.20. The summed E-state index contributed by atoms with van der Waals surface area (Å²) in [5, 5.41) is 9.09. The van der Waals surface area contributed by atoms with Crippen molar-refractivity contribution in [3.05, 3.63) is 28.8 Å². The Labute approximate surface area is 122 Å². The first-order valence-corrected chi connectivity index (χ1v) is 8.07. The summed E-state index contributed by atoms with van der Waals surface area (Å²) in [7, 11) is -3.92. The van der Waals surface area contributed by atoms with Gasteiger partial charge in [-0.25, -0.2) is 4.79 Å². The number of benzene rings is 1. The molecule has 1 aromatic carbocycles. The van der Waals surface area contributed by atoms with Crippen LogP contribution in [0.4, 0.5) is 0 Å². The van der Waals surface area contributed by atoms with Crippen molar-refractivity contribution in [1.82, 2.24) is 0 Å². The van der Waals surface area contributed by atoms with E-state index in [1.807, 2.05) is 6.92 Å². The van der Waals surface area contributed by atoms with Gasteiger partial charge in [0.2, 0.25) is 0 Å². The number of hydrogen-bond donors (Lipinski definition) is 2. The number of nitrogens with two attached hydrogens (primary N) is 1. The zero-order valence-corrected chi connectivity index (χ0v) is 12.6. The van der Waals surface area contributed by atoms with Crippen molar-refractivity contribution in [3.63, 3.8) is 0 Å². The largest absolute Gasteiger partial charge is 0.478 e. The summed E-state index contributed by atoms with van der Waals surface area (Å²) in [5.74, 6) is -2.73. The molecule has 7 nitrogen and oxygen atoms in total. The summed E-state index contributed by atoms with van der Waals surface area (Å²) in [6, 6.07) is 2.66. The van der Waals surface area contributed by atoms with Crippen LogP contribution in [-0.4, -0.2) is 31.7 Å². The number of amides is 1. The number of hydrogen-bond acceptors (Lipinski definition) is 5. The molecule has 0 atom stereocenters. The van der Waals surface area contributed by atoms with E-state index in [0.29, 0.717) is 12.0 Å². The van der Waals surface area contributed by atoms with E-state index in [2.05, 4.69) is 0 Å². The molecule has 0 saturated heterocycles. The Kier molecular flexibility index (Phi) is 5.31. The van der Waals surface area contributed by atoms with E-state index >= 15 is 0 Å². The van der Waals surface area contributed by atoms with Gasteiger partial charge in [0.15, 0.2) is 5.75 Å². The Bertz CT molecular complexity index is 665. The highest BCUT2D eigenvalue weighted by Crippen LogP contribution is 2.30. The monoisotopic (exact) mass is 315 g/mol. The van der Waals surface area contributed by atoms with Crippen LogP contribution in [0, 0.1) is 0 Å². The number of aryl methyl sites for hydroxylation is 1. The third kappa shape index (κ3) is 4.45. The first-order chi connectivity index (χ1) is 9.67. The van der Waals surface area contributed by atoms with Crippen molar-refractivity contribution in [2.45, 2.75) is 26.2 Å². The fraction of sp³-hybridized carbons (Fsp3) is 0.385. The highest BCUT2D eigenvalue weighted by Gasteiger charge is 2.25. The molecule has 0 aliphatic rings. The summed E-state index contributed by atoms with van der Waals surface area (Å²) in [6.45, 7) is 1.94. The normalized spacial score (nSPS) is 11.1. The minimum Gasteiger partial charge on any atom is -0.478 e. The molecule has 0 bridgehead atoms. The number of aromatic carboxylic acids is 1. The quantitative estimate of drug-likeness (QED) is 0.728. The van der Waals surface area contributed by atoms with Crippen molar-refractivity contribution in [3.8, 4) is 5.75 Å². The molecule has 116 valence electrons. The highest BCUT2D eigenvalue weighted by molar-refractivity contribution is 7.86. The summed E-state index contributed by atoms with van der Waals surface area (Å²) in [4.78, 5) is 22.7. The van der Waals surface area contributed by atoms with Gasteiger partial charge in [0.25, 0.3) is 5.91 Å². The van der Waals surface area contributed by atoms with E-state index in [9.17, 15) is 18.0 Å². The van der Waals surface area contributed by atoms with Gasteiger partial charge < -0.3 is 15.0 Å². The Hall–Kier alpha value is -2.09. The van der Waals surface area contributed by atoms with Crippen molar-refractivity contribution < 1.29 is 27.3 Å². The molecule has 0 aromatic heterocycles. The van der Waals surface area contributed by atoms with E-state index in [-0.39, 0.29) is 11.3 Å². The molecule has 8 heteroatoms. The minimum atomic E-state index is -3.92. The maximum Gasteiger partial charge on any atom is 0.336 e. The predicted octanol–water partition coefficient (Wildman–Crippen LogP) is 1.16. The van der Waals surface area contributed by atoms with E-state index in [0.717, 1.165) is 19.1 Å². The van der Waals surface area contributed by atoms with Crippen LogP contribution in [0.5, 0.6) is 5.75 Å². The van der Waals surface area contributed by atoms with Crippen molar-refractivity contribution in [2.24, 2.45) is 5.73 Å². The van der Waals surface area contributed by atoms with Gasteiger partial charge in [-0.2, -0.15) is 8.42 Å². The van der Waals surface area contributed by atoms with Crippen LogP contribution in [0.1, 0.15) is 46.0 Å². The molecule has 21 heavy (non-hydrogen) atoms. The first-order valence-electron chi connectivity index (χ1n) is 6.25. The Morgan fingerprint density at radius 1 is 1.33 bits per heavy atom. The van der Waals surface area contributed by atoms with Crippen LogP contribution in [-0.2, 0) is 16.5 Å². The SMILES string of the molecule is CCCCc1ccc(C(=O)O)c(C(N)=O)c1OS(C)(=O)=O. The molecule has 1 amide bonds. The Balaban J connectivity index is 3.57. The van der Waals surface area contributed by atoms with Crippen LogP contribution in [0.25, 0.3) is 0 Å². The third-order valence-corrected chi connectivity index (χ3v) is 3.22. The van der Waals surface area contributed by atoms with Gasteiger partial charge in [0, 0.05) is 0 Å². The van der Waals surface area contributed by atoms with Gasteiger partial charge in [-0.05, 0) is 24.5 Å². The summed E-state index contributed by atoms with van der Waals surface area (Å²) < 4.78 is 27.5. The molecular weight excluding hydrogens is 298 g/mol. The topological polar surface area (TPSA) is 124 Å². The number of carboxylic acid groups (broad SMARTS) is 1. The molecule has 0 unspecified atom stereocenters. The lowest BCUT2D eigenvalue weighted by molar-refractivity contribution is 0.0691. The van der Waals surface area contributed by atoms with Crippen molar-refractivity contribution in [1.29, 1.82) is 0 Å². The van der Waals surface area contributed by atoms with Crippen molar-refractivity contribution in [2.75, 3.05) is 6.26 Å². The second-order valence-corrected chi connectivity index (χ2v) is 6.11. The summed E-state index contributed by atoms with van der Waals surface area (Å²) in [6.07, 6.45) is 2.83. The van der Waals surface area contributed by atoms with Gasteiger partial charge in [0.1, 0.15) is 0 Å². The molecular formula is C13H17NO6S. The van der Waals surface area contributed by atoms with Gasteiger partial charge in [0.05, 0.1) is 17.4 Å². The average molecular weight is 315 g/mol. The van der Waals surface area contributed by atoms with Gasteiger partial charge in [-0.1, -0.05) is 19.4 Å². The van der Waals surface area contributed by atoms with E-state index in [1.54, 1.807) is 0 Å². The summed E-state index contributed by atoms with van der Waals surface area (Å²) >= 11 is 0. The van der Waals surface area contributed by atoms with Crippen LogP contribution in [0.3, 0.4) is 0 Å². The molecule has 0 saturated carbocycles. The van der Waals surface area contributed by atoms with Gasteiger partial charge in [-0.3, -0.25) is 4.79 Å². The maximum absolute atomic E-state index is 11.5. The fourth-order valence-corrected chi connectivity index (χ4v) is 2.35. The van der Waals surface area contributed by atoms with E-state index in [1.165, 1.54) is 12.1 Å². The van der Waals surface area contributed by atoms with Crippen LogP contribution in [0.15, 0.2) is 12.1 Å². The van der Waals surface area contributed by atoms with Crippen molar-refractivity contribution >= 4 is 22.0 Å². The standard InChI is InChI=1S/C13H17NO6S/c1-3-4-5-8-6-7-9(13(16)17)10(12(14)15)11(8)20-21(2,18)19/h6-7H,3-5H2,1-2H3,(H2,14,15)(H,16,17). The lowest BCUT2D eigenvalue weighted by atomic mass is 9.98. The highest BCUT2D eigenvalue weighted by atomic mass is 32.2. The zero-order valence-electron chi connectivity index (χ0n) is 11.8. The predicted molar refractivity (Wildman–Crippen MR) is 76.0 cm³/mol. The molecule has 0 aliphatic carbocycles. The molecule has 1 aromatic rings. The lowest BCUT2D eigenvalue weighted by Gasteiger charge is -2.14. The minimum absolute atomic E-state index is 0.293. The molecule has 0 fully saturated rings. The van der Waals surface area contributed by atoms with Gasteiger partial charge in [-0.15, -0.1) is 0 Å². The number of rotatable bonds is 7. The zero-order chi connectivity index (χ0) is 16.2. The average Bonchev–Trinajstić information content (AvgIpc) is 2.34. The second kappa shape index (κ2) is 6.57. The van der Waals surface area contributed by atoms with Crippen LogP contribution >= 0.6 is 0 Å².